The van der Waals surface area contributed by atoms with Gasteiger partial charge in [-0.2, -0.15) is 4.31 Å². The molecule has 0 spiro atoms. The van der Waals surface area contributed by atoms with Crippen molar-refractivity contribution in [3.05, 3.63) is 64.7 Å². The summed E-state index contributed by atoms with van der Waals surface area (Å²) in [6.07, 6.45) is -4.08. The van der Waals surface area contributed by atoms with Gasteiger partial charge in [0, 0.05) is 10.6 Å². The number of sulfonamides is 1. The number of halogens is 3. The molecule has 2 atom stereocenters. The van der Waals surface area contributed by atoms with Crippen LogP contribution in [0.15, 0.2) is 53.4 Å². The molecule has 0 aromatic heterocycles. The average molecular weight is 388 g/mol. The Kier molecular flexibility index (Phi) is 5.11. The minimum absolute atomic E-state index is 0.0636. The summed E-state index contributed by atoms with van der Waals surface area (Å²) in [6, 6.07) is 10.9. The van der Waals surface area contributed by atoms with Crippen LogP contribution in [0.1, 0.15) is 17.4 Å². The Hall–Kier alpha value is -1.54. The van der Waals surface area contributed by atoms with Gasteiger partial charge in [0.25, 0.3) is 6.43 Å². The monoisotopic (exact) mass is 387 g/mol. The molecule has 1 fully saturated rings. The number of hydrogen-bond acceptors (Lipinski definition) is 3. The van der Waals surface area contributed by atoms with Gasteiger partial charge >= 0.3 is 0 Å². The molecular formula is C17H16ClF2NO3S. The Morgan fingerprint density at radius 3 is 2.40 bits per heavy atom. The molecule has 0 bridgehead atoms. The van der Waals surface area contributed by atoms with Gasteiger partial charge in [0.1, 0.15) is 6.04 Å². The van der Waals surface area contributed by atoms with Crippen molar-refractivity contribution in [3.8, 4) is 0 Å². The summed E-state index contributed by atoms with van der Waals surface area (Å²) in [4.78, 5) is -0.0636. The van der Waals surface area contributed by atoms with Crippen molar-refractivity contribution in [2.45, 2.75) is 30.5 Å². The van der Waals surface area contributed by atoms with Gasteiger partial charge in [-0.25, -0.2) is 17.2 Å². The van der Waals surface area contributed by atoms with Gasteiger partial charge < -0.3 is 4.74 Å². The van der Waals surface area contributed by atoms with Gasteiger partial charge in [-0.3, -0.25) is 0 Å². The van der Waals surface area contributed by atoms with Crippen LogP contribution in [0.4, 0.5) is 8.78 Å². The maximum atomic E-state index is 13.5. The van der Waals surface area contributed by atoms with Crippen LogP contribution in [0.25, 0.3) is 0 Å². The van der Waals surface area contributed by atoms with Crippen LogP contribution in [-0.4, -0.2) is 31.8 Å². The predicted octanol–water partition coefficient (Wildman–Crippen LogP) is 4.00. The minimum Gasteiger partial charge on any atom is -0.356 e. The third-order valence-electron chi connectivity index (χ3n) is 4.04. The van der Waals surface area contributed by atoms with E-state index in [2.05, 4.69) is 0 Å². The fourth-order valence-electron chi connectivity index (χ4n) is 2.73. The summed E-state index contributed by atoms with van der Waals surface area (Å²) in [5, 5.41) is 0.256. The molecule has 25 heavy (non-hydrogen) atoms. The Bertz CT molecular complexity index is 858. The minimum atomic E-state index is -4.19. The standard InChI is InChI=1S/C17H16ClF2NO3S/c1-11-6-8-12(9-7-11)25(22,23)21-15(16(19)20)10-24-17(21)13-4-2-3-5-14(13)18/h2-9,15-17H,10H2,1H3. The van der Waals surface area contributed by atoms with E-state index in [1.807, 2.05) is 6.92 Å². The van der Waals surface area contributed by atoms with Crippen LogP contribution in [0.2, 0.25) is 5.02 Å². The third-order valence-corrected chi connectivity index (χ3v) is 6.27. The van der Waals surface area contributed by atoms with Crippen LogP contribution in [-0.2, 0) is 14.8 Å². The van der Waals surface area contributed by atoms with Gasteiger partial charge in [0.05, 0.1) is 11.5 Å². The van der Waals surface area contributed by atoms with Crippen LogP contribution < -0.4 is 0 Å². The van der Waals surface area contributed by atoms with E-state index in [9.17, 15) is 17.2 Å². The molecule has 0 N–H and O–H groups in total. The molecule has 0 aliphatic carbocycles. The summed E-state index contributed by atoms with van der Waals surface area (Å²) < 4.78 is 59.1. The smallest absolute Gasteiger partial charge is 0.257 e. The Morgan fingerprint density at radius 2 is 1.80 bits per heavy atom. The molecule has 1 heterocycles. The van der Waals surface area contributed by atoms with Crippen LogP contribution >= 0.6 is 11.6 Å². The van der Waals surface area contributed by atoms with Gasteiger partial charge in [0.2, 0.25) is 10.0 Å². The second-order valence-electron chi connectivity index (χ2n) is 5.76. The fourth-order valence-corrected chi connectivity index (χ4v) is 4.62. The zero-order chi connectivity index (χ0) is 18.2. The molecule has 0 radical (unpaired) electrons. The van der Waals surface area contributed by atoms with Crippen molar-refractivity contribution in [3.63, 3.8) is 0 Å². The van der Waals surface area contributed by atoms with Crippen molar-refractivity contribution in [2.24, 2.45) is 0 Å². The number of aryl methyl sites for hydroxylation is 1. The molecule has 3 rings (SSSR count). The lowest BCUT2D eigenvalue weighted by Gasteiger charge is -2.27. The highest BCUT2D eigenvalue weighted by molar-refractivity contribution is 7.89. The predicted molar refractivity (Wildman–Crippen MR) is 90.1 cm³/mol. The Labute approximate surface area is 150 Å². The number of hydrogen-bond donors (Lipinski definition) is 0. The van der Waals surface area contributed by atoms with Crippen LogP contribution in [0, 0.1) is 6.92 Å². The highest BCUT2D eigenvalue weighted by Crippen LogP contribution is 2.40. The molecule has 1 aliphatic heterocycles. The molecule has 0 saturated carbocycles. The molecular weight excluding hydrogens is 372 g/mol. The van der Waals surface area contributed by atoms with E-state index < -0.39 is 35.3 Å². The Morgan fingerprint density at radius 1 is 1.16 bits per heavy atom. The van der Waals surface area contributed by atoms with Gasteiger partial charge in [-0.1, -0.05) is 47.5 Å². The first-order valence-electron chi connectivity index (χ1n) is 7.57. The van der Waals surface area contributed by atoms with Crippen molar-refractivity contribution < 1.29 is 21.9 Å². The summed E-state index contributed by atoms with van der Waals surface area (Å²) in [7, 11) is -4.19. The lowest BCUT2D eigenvalue weighted by atomic mass is 10.2. The maximum Gasteiger partial charge on any atom is 0.257 e. The molecule has 2 aromatic rings. The van der Waals surface area contributed by atoms with E-state index in [-0.39, 0.29) is 9.92 Å². The topological polar surface area (TPSA) is 46.6 Å². The van der Waals surface area contributed by atoms with E-state index in [0.29, 0.717) is 5.56 Å². The van der Waals surface area contributed by atoms with E-state index in [4.69, 9.17) is 16.3 Å². The van der Waals surface area contributed by atoms with Gasteiger partial charge in [-0.05, 0) is 25.1 Å². The lowest BCUT2D eigenvalue weighted by Crippen LogP contribution is -2.42. The van der Waals surface area contributed by atoms with Crippen LogP contribution in [0.5, 0.6) is 0 Å². The van der Waals surface area contributed by atoms with Gasteiger partial charge in [0.15, 0.2) is 6.23 Å². The summed E-state index contributed by atoms with van der Waals surface area (Å²) >= 11 is 6.12. The second kappa shape index (κ2) is 6.99. The number of nitrogens with zero attached hydrogens (tertiary/aromatic N) is 1. The highest BCUT2D eigenvalue weighted by Gasteiger charge is 2.48. The first-order valence-corrected chi connectivity index (χ1v) is 9.38. The summed E-state index contributed by atoms with van der Waals surface area (Å²) in [6.45, 7) is 1.41. The number of rotatable bonds is 4. The molecule has 134 valence electrons. The largest absolute Gasteiger partial charge is 0.356 e. The van der Waals surface area contributed by atoms with Crippen LogP contribution in [0.3, 0.4) is 0 Å². The van der Waals surface area contributed by atoms with Gasteiger partial charge in [-0.15, -0.1) is 0 Å². The van der Waals surface area contributed by atoms with Crippen molar-refractivity contribution >= 4 is 21.6 Å². The first-order chi connectivity index (χ1) is 11.8. The lowest BCUT2D eigenvalue weighted by molar-refractivity contribution is 0.0631. The highest BCUT2D eigenvalue weighted by atomic mass is 35.5. The second-order valence-corrected chi connectivity index (χ2v) is 8.01. The molecule has 2 unspecified atom stereocenters. The van der Waals surface area contributed by atoms with Crippen molar-refractivity contribution in [1.82, 2.24) is 4.31 Å². The van der Waals surface area contributed by atoms with E-state index in [1.165, 1.54) is 12.1 Å². The van der Waals surface area contributed by atoms with E-state index in [1.54, 1.807) is 36.4 Å². The molecule has 1 aliphatic rings. The van der Waals surface area contributed by atoms with E-state index >= 15 is 0 Å². The third kappa shape index (κ3) is 3.42. The molecule has 4 nitrogen and oxygen atoms in total. The zero-order valence-electron chi connectivity index (χ0n) is 13.3. The first kappa shape index (κ1) is 18.3. The quantitative estimate of drug-likeness (QED) is 0.796. The Balaban J connectivity index is 2.09. The summed E-state index contributed by atoms with van der Waals surface area (Å²) in [5.41, 5.74) is 1.20. The summed E-state index contributed by atoms with van der Waals surface area (Å²) in [5.74, 6) is 0. The molecule has 2 aromatic carbocycles. The van der Waals surface area contributed by atoms with Crippen molar-refractivity contribution in [1.29, 1.82) is 0 Å². The molecule has 1 saturated heterocycles. The normalized spacial score (nSPS) is 21.8. The maximum absolute atomic E-state index is 13.5. The average Bonchev–Trinajstić information content (AvgIpc) is 3.01. The van der Waals surface area contributed by atoms with Crippen molar-refractivity contribution in [2.75, 3.05) is 6.61 Å². The number of alkyl halides is 2. The number of ether oxygens (including phenoxy) is 1. The number of benzene rings is 2. The SMILES string of the molecule is Cc1ccc(S(=O)(=O)N2C(c3ccccc3Cl)OCC2C(F)F)cc1. The zero-order valence-corrected chi connectivity index (χ0v) is 14.8. The molecule has 0 amide bonds. The molecule has 8 heteroatoms. The fraction of sp³-hybridized carbons (Fsp3) is 0.294. The van der Waals surface area contributed by atoms with E-state index in [0.717, 1.165) is 9.87 Å².